The Morgan fingerprint density at radius 2 is 1.63 bits per heavy atom. The number of aryl methyl sites for hydroxylation is 2. The van der Waals surface area contributed by atoms with E-state index in [9.17, 15) is 0 Å². The van der Waals surface area contributed by atoms with E-state index in [1.165, 1.54) is 22.4 Å². The van der Waals surface area contributed by atoms with Gasteiger partial charge in [0.2, 0.25) is 0 Å². The van der Waals surface area contributed by atoms with E-state index in [4.69, 9.17) is 4.99 Å². The van der Waals surface area contributed by atoms with Crippen LogP contribution in [0.5, 0.6) is 0 Å². The molecule has 0 saturated carbocycles. The molecule has 0 N–H and O–H groups in total. The normalized spacial score (nSPS) is 11.7. The van der Waals surface area contributed by atoms with Gasteiger partial charge in [0.15, 0.2) is 4.80 Å². The first kappa shape index (κ1) is 17.4. The lowest BCUT2D eigenvalue weighted by Crippen LogP contribution is -2.16. The van der Waals surface area contributed by atoms with E-state index >= 15 is 0 Å². The Morgan fingerprint density at radius 1 is 0.926 bits per heavy atom. The topological polar surface area (TPSA) is 30.2 Å². The summed E-state index contributed by atoms with van der Waals surface area (Å²) in [5.41, 5.74) is 7.01. The minimum Gasteiger partial charge on any atom is -0.312 e. The fourth-order valence-corrected chi connectivity index (χ4v) is 3.86. The van der Waals surface area contributed by atoms with Gasteiger partial charge < -0.3 is 4.57 Å². The molecular formula is C23H21N3S. The zero-order chi connectivity index (χ0) is 18.6. The van der Waals surface area contributed by atoms with E-state index in [1.807, 2.05) is 12.3 Å². The van der Waals surface area contributed by atoms with Crippen LogP contribution >= 0.6 is 11.3 Å². The van der Waals surface area contributed by atoms with Crippen LogP contribution in [0, 0.1) is 13.8 Å². The number of hydrogen-bond acceptors (Lipinski definition) is 3. The van der Waals surface area contributed by atoms with Crippen molar-refractivity contribution in [2.75, 3.05) is 0 Å². The number of hydrogen-bond donors (Lipinski definition) is 0. The first-order chi connectivity index (χ1) is 13.2. The third kappa shape index (κ3) is 4.07. The van der Waals surface area contributed by atoms with Crippen molar-refractivity contribution in [3.63, 3.8) is 0 Å². The van der Waals surface area contributed by atoms with Gasteiger partial charge in [-0.2, -0.15) is 0 Å². The first-order valence-corrected chi connectivity index (χ1v) is 9.83. The summed E-state index contributed by atoms with van der Waals surface area (Å²) in [6.07, 6.45) is 3.72. The molecule has 0 saturated heterocycles. The third-order valence-corrected chi connectivity index (χ3v) is 5.33. The maximum atomic E-state index is 4.90. The van der Waals surface area contributed by atoms with Crippen LogP contribution in [0.4, 0.5) is 5.69 Å². The highest BCUT2D eigenvalue weighted by molar-refractivity contribution is 7.07. The Kier molecular flexibility index (Phi) is 4.99. The standard InChI is InChI=1S/C23H21N3S/c1-17-5-9-20(10-6-17)22-16-27-23(25-21-11-7-18(2)8-12-21)26(22)15-19-4-3-13-24-14-19/h3-14,16H,15H2,1-2H3. The van der Waals surface area contributed by atoms with Crippen molar-refractivity contribution in [3.8, 4) is 11.3 Å². The highest BCUT2D eigenvalue weighted by Gasteiger charge is 2.09. The fraction of sp³-hybridized carbons (Fsp3) is 0.130. The second-order valence-corrected chi connectivity index (χ2v) is 7.50. The van der Waals surface area contributed by atoms with E-state index in [-0.39, 0.29) is 0 Å². The molecule has 2 heterocycles. The van der Waals surface area contributed by atoms with Crippen LogP contribution in [0.1, 0.15) is 16.7 Å². The van der Waals surface area contributed by atoms with Gasteiger partial charge in [-0.1, -0.05) is 53.6 Å². The molecule has 0 spiro atoms. The van der Waals surface area contributed by atoms with Crippen molar-refractivity contribution >= 4 is 17.0 Å². The van der Waals surface area contributed by atoms with Crippen LogP contribution in [-0.2, 0) is 6.54 Å². The molecule has 2 aromatic carbocycles. The average molecular weight is 372 g/mol. The van der Waals surface area contributed by atoms with Crippen LogP contribution in [0.3, 0.4) is 0 Å². The summed E-state index contributed by atoms with van der Waals surface area (Å²) in [4.78, 5) is 10.1. The van der Waals surface area contributed by atoms with Crippen molar-refractivity contribution < 1.29 is 0 Å². The quantitative estimate of drug-likeness (QED) is 0.465. The molecule has 0 radical (unpaired) electrons. The Morgan fingerprint density at radius 3 is 2.30 bits per heavy atom. The summed E-state index contributed by atoms with van der Waals surface area (Å²) in [5, 5.41) is 2.19. The SMILES string of the molecule is Cc1ccc(N=c2scc(-c3ccc(C)cc3)n2Cc2cccnc2)cc1. The maximum Gasteiger partial charge on any atom is 0.190 e. The molecule has 0 aliphatic rings. The number of nitrogens with zero attached hydrogens (tertiary/aromatic N) is 3. The minimum atomic E-state index is 0.741. The number of rotatable bonds is 4. The van der Waals surface area contributed by atoms with Crippen molar-refractivity contribution in [2.24, 2.45) is 4.99 Å². The average Bonchev–Trinajstić information content (AvgIpc) is 3.07. The molecule has 4 rings (SSSR count). The summed E-state index contributed by atoms with van der Waals surface area (Å²) in [5.74, 6) is 0. The molecule has 2 aromatic heterocycles. The van der Waals surface area contributed by atoms with E-state index < -0.39 is 0 Å². The second kappa shape index (κ2) is 7.72. The van der Waals surface area contributed by atoms with Gasteiger partial charge in [0.25, 0.3) is 0 Å². The Bertz CT molecular complexity index is 1090. The van der Waals surface area contributed by atoms with Gasteiger partial charge in [0.05, 0.1) is 17.9 Å². The minimum absolute atomic E-state index is 0.741. The summed E-state index contributed by atoms with van der Waals surface area (Å²) < 4.78 is 2.27. The molecular weight excluding hydrogens is 350 g/mol. The van der Waals surface area contributed by atoms with Crippen LogP contribution < -0.4 is 4.80 Å². The van der Waals surface area contributed by atoms with Crippen LogP contribution in [0.15, 0.2) is 83.4 Å². The number of aromatic nitrogens is 2. The van der Waals surface area contributed by atoms with Gasteiger partial charge in [0.1, 0.15) is 0 Å². The first-order valence-electron chi connectivity index (χ1n) is 8.95. The molecule has 0 unspecified atom stereocenters. The second-order valence-electron chi connectivity index (χ2n) is 6.66. The van der Waals surface area contributed by atoms with E-state index in [1.54, 1.807) is 17.5 Å². The van der Waals surface area contributed by atoms with Crippen molar-refractivity contribution in [1.82, 2.24) is 9.55 Å². The number of benzene rings is 2. The smallest absolute Gasteiger partial charge is 0.190 e. The molecule has 3 nitrogen and oxygen atoms in total. The van der Waals surface area contributed by atoms with Crippen LogP contribution in [-0.4, -0.2) is 9.55 Å². The van der Waals surface area contributed by atoms with Crippen LogP contribution in [0.25, 0.3) is 11.3 Å². The predicted octanol–water partition coefficient (Wildman–Crippen LogP) is 5.51. The van der Waals surface area contributed by atoms with E-state index in [2.05, 4.69) is 83.4 Å². The van der Waals surface area contributed by atoms with Gasteiger partial charge in [-0.3, -0.25) is 4.98 Å². The monoisotopic (exact) mass is 371 g/mol. The molecule has 4 heteroatoms. The largest absolute Gasteiger partial charge is 0.312 e. The Hall–Kier alpha value is -2.98. The summed E-state index contributed by atoms with van der Waals surface area (Å²) in [7, 11) is 0. The lowest BCUT2D eigenvalue weighted by molar-refractivity contribution is 0.775. The van der Waals surface area contributed by atoms with Crippen molar-refractivity contribution in [1.29, 1.82) is 0 Å². The zero-order valence-corrected chi connectivity index (χ0v) is 16.3. The highest BCUT2D eigenvalue weighted by atomic mass is 32.1. The third-order valence-electron chi connectivity index (χ3n) is 4.47. The maximum absolute atomic E-state index is 4.90. The fourth-order valence-electron chi connectivity index (χ4n) is 2.93. The van der Waals surface area contributed by atoms with Gasteiger partial charge in [0, 0.05) is 17.8 Å². The summed E-state index contributed by atoms with van der Waals surface area (Å²) >= 11 is 1.67. The van der Waals surface area contributed by atoms with Gasteiger partial charge in [-0.05, 0) is 43.2 Å². The van der Waals surface area contributed by atoms with Crippen molar-refractivity contribution in [2.45, 2.75) is 20.4 Å². The molecule has 0 atom stereocenters. The predicted molar refractivity (Wildman–Crippen MR) is 112 cm³/mol. The lowest BCUT2D eigenvalue weighted by Gasteiger charge is -2.09. The Labute approximate surface area is 163 Å². The zero-order valence-electron chi connectivity index (χ0n) is 15.5. The molecule has 0 fully saturated rings. The van der Waals surface area contributed by atoms with Crippen LogP contribution in [0.2, 0.25) is 0 Å². The molecule has 4 aromatic rings. The molecule has 27 heavy (non-hydrogen) atoms. The molecule has 0 bridgehead atoms. The van der Waals surface area contributed by atoms with E-state index in [0.29, 0.717) is 0 Å². The number of pyridine rings is 1. The summed E-state index contributed by atoms with van der Waals surface area (Å²) in [6, 6.07) is 21.1. The van der Waals surface area contributed by atoms with E-state index in [0.717, 1.165) is 22.6 Å². The molecule has 0 aliphatic heterocycles. The van der Waals surface area contributed by atoms with Gasteiger partial charge >= 0.3 is 0 Å². The van der Waals surface area contributed by atoms with Gasteiger partial charge in [-0.15, -0.1) is 11.3 Å². The van der Waals surface area contributed by atoms with Crippen molar-refractivity contribution in [3.05, 3.63) is 99.9 Å². The summed E-state index contributed by atoms with van der Waals surface area (Å²) in [6.45, 7) is 4.94. The molecule has 134 valence electrons. The Balaban J connectivity index is 1.83. The highest BCUT2D eigenvalue weighted by Crippen LogP contribution is 2.22. The lowest BCUT2D eigenvalue weighted by atomic mass is 10.1. The molecule has 0 aliphatic carbocycles. The molecule has 0 amide bonds. The van der Waals surface area contributed by atoms with Gasteiger partial charge in [-0.25, -0.2) is 4.99 Å². The number of thiazole rings is 1.